The fraction of sp³-hybridized carbons (Fsp3) is 0.292. The molecule has 10 nitrogen and oxygen atoms in total. The van der Waals surface area contributed by atoms with Crippen molar-refractivity contribution in [3.63, 3.8) is 0 Å². The van der Waals surface area contributed by atoms with E-state index in [0.29, 0.717) is 28.8 Å². The van der Waals surface area contributed by atoms with Crippen LogP contribution in [0, 0.1) is 6.92 Å². The monoisotopic (exact) mass is 608 g/mol. The number of rotatable bonds is 11. The number of esters is 2. The summed E-state index contributed by atoms with van der Waals surface area (Å²) in [6.45, 7) is 7.67. The number of carbonyl (C=O) groups is 3. The quantitative estimate of drug-likeness (QED) is 0.181. The van der Waals surface area contributed by atoms with E-state index < -0.39 is 23.9 Å². The molecule has 3 rings (SSSR count). The minimum absolute atomic E-state index is 0.0255. The summed E-state index contributed by atoms with van der Waals surface area (Å²) < 4.78 is 18.4. The summed E-state index contributed by atoms with van der Waals surface area (Å²) in [6, 6.07) is 7.45. The summed E-state index contributed by atoms with van der Waals surface area (Å²) in [5, 5.41) is 11.9. The zero-order valence-corrected chi connectivity index (χ0v) is 23.8. The molecule has 0 aliphatic heterocycles. The van der Waals surface area contributed by atoms with Gasteiger partial charge in [0.05, 0.1) is 25.5 Å². The second kappa shape index (κ2) is 12.9. The van der Waals surface area contributed by atoms with Gasteiger partial charge in [0.25, 0.3) is 0 Å². The summed E-state index contributed by atoms with van der Waals surface area (Å²) in [4.78, 5) is 37.4. The molecule has 0 bridgehead atoms. The molecule has 2 aromatic heterocycles. The summed E-state index contributed by atoms with van der Waals surface area (Å²) in [6.07, 6.45) is 1.29. The first-order chi connectivity index (χ1) is 17.7. The normalized spacial score (nSPS) is 11.5. The Labute approximate surface area is 230 Å². The number of aromatic nitrogens is 3. The molecule has 1 unspecified atom stereocenters. The van der Waals surface area contributed by atoms with E-state index in [4.69, 9.17) is 14.2 Å². The van der Waals surface area contributed by atoms with Gasteiger partial charge in [0, 0.05) is 11.0 Å². The van der Waals surface area contributed by atoms with Crippen LogP contribution in [0.3, 0.4) is 0 Å². The molecule has 0 fully saturated rings. The highest BCUT2D eigenvalue weighted by Crippen LogP contribution is 2.34. The molecule has 0 saturated heterocycles. The standard InChI is InChI=1S/C24H25BrN4O6S2/c1-6-11-29-20(14(3)35-16-9-7-15(25)8-10-16)27-28-24(29)36-12-17(30)26-21-18(22(31)33-4)13(2)19(37-21)23(32)34-5/h6-10,14H,1,11-12H2,2-5H3,(H,26,30). The third kappa shape index (κ3) is 6.79. The van der Waals surface area contributed by atoms with Crippen molar-refractivity contribution in [1.82, 2.24) is 14.8 Å². The van der Waals surface area contributed by atoms with Crippen molar-refractivity contribution in [3.8, 4) is 5.75 Å². The lowest BCUT2D eigenvalue weighted by molar-refractivity contribution is -0.113. The van der Waals surface area contributed by atoms with Crippen molar-refractivity contribution in [2.45, 2.75) is 31.7 Å². The fourth-order valence-electron chi connectivity index (χ4n) is 3.31. The second-order valence-corrected chi connectivity index (χ2v) is 10.4. The number of nitrogens with zero attached hydrogens (tertiary/aromatic N) is 3. The number of benzene rings is 1. The van der Waals surface area contributed by atoms with E-state index in [1.54, 1.807) is 13.0 Å². The molecule has 37 heavy (non-hydrogen) atoms. The number of halogens is 1. The third-order valence-corrected chi connectivity index (χ3v) is 7.72. The van der Waals surface area contributed by atoms with E-state index >= 15 is 0 Å². The van der Waals surface area contributed by atoms with Crippen molar-refractivity contribution in [1.29, 1.82) is 0 Å². The van der Waals surface area contributed by atoms with E-state index in [1.807, 2.05) is 35.8 Å². The van der Waals surface area contributed by atoms with Gasteiger partial charge in [-0.25, -0.2) is 9.59 Å². The number of amides is 1. The molecule has 0 aliphatic rings. The zero-order chi connectivity index (χ0) is 27.1. The molecule has 0 aliphatic carbocycles. The number of thiophene rings is 1. The van der Waals surface area contributed by atoms with Crippen LogP contribution in [0.2, 0.25) is 0 Å². The highest BCUT2D eigenvalue weighted by Gasteiger charge is 2.27. The molecule has 0 radical (unpaired) electrons. The molecule has 0 spiro atoms. The maximum atomic E-state index is 12.8. The van der Waals surface area contributed by atoms with Crippen LogP contribution in [0.25, 0.3) is 0 Å². The van der Waals surface area contributed by atoms with Gasteiger partial charge >= 0.3 is 11.9 Å². The highest BCUT2D eigenvalue weighted by atomic mass is 79.9. The Hall–Kier alpha value is -3.16. The average Bonchev–Trinajstić information content (AvgIpc) is 3.43. The molecule has 1 atom stereocenters. The van der Waals surface area contributed by atoms with Gasteiger partial charge in [-0.15, -0.1) is 28.1 Å². The first kappa shape index (κ1) is 28.4. The Bertz CT molecular complexity index is 1310. The average molecular weight is 610 g/mol. The number of hydrogen-bond acceptors (Lipinski definition) is 10. The lowest BCUT2D eigenvalue weighted by Gasteiger charge is -2.15. The number of nitrogens with one attached hydrogen (secondary N) is 1. The molecule has 196 valence electrons. The third-order valence-electron chi connectivity index (χ3n) is 5.04. The number of methoxy groups -OCH3 is 2. The molecule has 13 heteroatoms. The molecule has 3 aromatic rings. The zero-order valence-electron chi connectivity index (χ0n) is 20.6. The van der Waals surface area contributed by atoms with E-state index in [9.17, 15) is 14.4 Å². The smallest absolute Gasteiger partial charge is 0.348 e. The fourth-order valence-corrected chi connectivity index (χ4v) is 5.46. The second-order valence-electron chi connectivity index (χ2n) is 7.53. The lowest BCUT2D eigenvalue weighted by atomic mass is 10.1. The maximum Gasteiger partial charge on any atom is 0.348 e. The van der Waals surface area contributed by atoms with Gasteiger partial charge in [0.1, 0.15) is 15.6 Å². The minimum atomic E-state index is -0.665. The van der Waals surface area contributed by atoms with Crippen molar-refractivity contribution in [2.75, 3.05) is 25.3 Å². The van der Waals surface area contributed by atoms with E-state index in [0.717, 1.165) is 15.8 Å². The summed E-state index contributed by atoms with van der Waals surface area (Å²) in [5.74, 6) is -0.440. The Morgan fingerprint density at radius 2 is 1.86 bits per heavy atom. The lowest BCUT2D eigenvalue weighted by Crippen LogP contribution is -2.17. The Kier molecular flexibility index (Phi) is 9.89. The molecule has 1 N–H and O–H groups in total. The predicted octanol–water partition coefficient (Wildman–Crippen LogP) is 5.04. The molecule has 1 amide bonds. The molecular weight excluding hydrogens is 584 g/mol. The number of allylic oxidation sites excluding steroid dienone is 1. The maximum absolute atomic E-state index is 12.8. The first-order valence-corrected chi connectivity index (χ1v) is 13.5. The Balaban J connectivity index is 1.74. The van der Waals surface area contributed by atoms with Crippen LogP contribution in [0.4, 0.5) is 5.00 Å². The van der Waals surface area contributed by atoms with Crippen LogP contribution in [-0.2, 0) is 20.8 Å². The number of hydrogen-bond donors (Lipinski definition) is 1. The topological polar surface area (TPSA) is 122 Å². The van der Waals surface area contributed by atoms with Gasteiger partial charge in [-0.3, -0.25) is 9.36 Å². The van der Waals surface area contributed by atoms with Crippen LogP contribution < -0.4 is 10.1 Å². The van der Waals surface area contributed by atoms with Crippen LogP contribution in [0.1, 0.15) is 44.4 Å². The molecule has 2 heterocycles. The van der Waals surface area contributed by atoms with Gasteiger partial charge in [0.2, 0.25) is 5.91 Å². The van der Waals surface area contributed by atoms with E-state index in [-0.39, 0.29) is 21.2 Å². The Morgan fingerprint density at radius 3 is 2.49 bits per heavy atom. The minimum Gasteiger partial charge on any atom is -0.483 e. The largest absolute Gasteiger partial charge is 0.483 e. The van der Waals surface area contributed by atoms with Crippen LogP contribution in [0.5, 0.6) is 5.75 Å². The van der Waals surface area contributed by atoms with Crippen molar-refractivity contribution >= 4 is 61.9 Å². The number of anilines is 1. The van der Waals surface area contributed by atoms with Gasteiger partial charge in [-0.2, -0.15) is 0 Å². The van der Waals surface area contributed by atoms with E-state index in [2.05, 4.69) is 38.0 Å². The van der Waals surface area contributed by atoms with Crippen LogP contribution in [0.15, 0.2) is 46.5 Å². The van der Waals surface area contributed by atoms with Crippen LogP contribution in [-0.4, -0.2) is 52.6 Å². The molecular formula is C24H25BrN4O6S2. The van der Waals surface area contributed by atoms with Crippen molar-refractivity contribution in [3.05, 3.63) is 63.2 Å². The molecule has 1 aromatic carbocycles. The van der Waals surface area contributed by atoms with Crippen molar-refractivity contribution in [2.24, 2.45) is 0 Å². The number of ether oxygens (including phenoxy) is 3. The SMILES string of the molecule is C=CCn1c(SCC(=O)Nc2sc(C(=O)OC)c(C)c2C(=O)OC)nnc1C(C)Oc1ccc(Br)cc1. The van der Waals surface area contributed by atoms with Gasteiger partial charge in [-0.05, 0) is 43.7 Å². The molecule has 0 saturated carbocycles. The highest BCUT2D eigenvalue weighted by molar-refractivity contribution is 9.10. The predicted molar refractivity (Wildman–Crippen MR) is 144 cm³/mol. The van der Waals surface area contributed by atoms with Gasteiger partial charge in [-0.1, -0.05) is 33.8 Å². The summed E-state index contributed by atoms with van der Waals surface area (Å²) in [5.41, 5.74) is 0.490. The van der Waals surface area contributed by atoms with Crippen LogP contribution >= 0.6 is 39.0 Å². The number of carbonyl (C=O) groups excluding carboxylic acids is 3. The van der Waals surface area contributed by atoms with Crippen molar-refractivity contribution < 1.29 is 28.6 Å². The van der Waals surface area contributed by atoms with Gasteiger partial charge < -0.3 is 19.5 Å². The van der Waals surface area contributed by atoms with E-state index in [1.165, 1.54) is 26.0 Å². The van der Waals surface area contributed by atoms with Gasteiger partial charge in [0.15, 0.2) is 17.1 Å². The summed E-state index contributed by atoms with van der Waals surface area (Å²) in [7, 11) is 2.47. The Morgan fingerprint density at radius 1 is 1.19 bits per heavy atom. The summed E-state index contributed by atoms with van der Waals surface area (Å²) >= 11 is 5.52. The first-order valence-electron chi connectivity index (χ1n) is 10.9. The number of thioether (sulfide) groups is 1.